The topological polar surface area (TPSA) is 77.3 Å². The SMILES string of the molecule is Cn1ncc2c1CN(S(C)(=O)=O)CC2COc1cccnc1. The van der Waals surface area contributed by atoms with Crippen LogP contribution < -0.4 is 4.74 Å². The Morgan fingerprint density at radius 1 is 1.41 bits per heavy atom. The zero-order valence-corrected chi connectivity index (χ0v) is 13.3. The van der Waals surface area contributed by atoms with Crippen LogP contribution in [0, 0.1) is 0 Å². The summed E-state index contributed by atoms with van der Waals surface area (Å²) in [5, 5.41) is 4.25. The van der Waals surface area contributed by atoms with Crippen LogP contribution in [0.25, 0.3) is 0 Å². The molecule has 22 heavy (non-hydrogen) atoms. The first kappa shape index (κ1) is 15.0. The van der Waals surface area contributed by atoms with Crippen molar-refractivity contribution >= 4 is 10.0 Å². The Hall–Kier alpha value is -1.93. The van der Waals surface area contributed by atoms with Gasteiger partial charge in [-0.1, -0.05) is 0 Å². The molecule has 0 aromatic carbocycles. The van der Waals surface area contributed by atoms with Gasteiger partial charge in [-0.15, -0.1) is 0 Å². The highest BCUT2D eigenvalue weighted by Gasteiger charge is 2.32. The van der Waals surface area contributed by atoms with E-state index in [1.165, 1.54) is 10.6 Å². The van der Waals surface area contributed by atoms with Gasteiger partial charge in [0.1, 0.15) is 5.75 Å². The number of rotatable bonds is 4. The first-order chi connectivity index (χ1) is 10.4. The molecular formula is C14H18N4O3S. The van der Waals surface area contributed by atoms with E-state index >= 15 is 0 Å². The highest BCUT2D eigenvalue weighted by molar-refractivity contribution is 7.88. The van der Waals surface area contributed by atoms with E-state index in [1.54, 1.807) is 29.3 Å². The van der Waals surface area contributed by atoms with E-state index in [0.29, 0.717) is 25.4 Å². The van der Waals surface area contributed by atoms with Gasteiger partial charge in [-0.25, -0.2) is 8.42 Å². The molecule has 0 N–H and O–H groups in total. The van der Waals surface area contributed by atoms with Crippen LogP contribution in [0.3, 0.4) is 0 Å². The van der Waals surface area contributed by atoms with E-state index in [2.05, 4.69) is 10.1 Å². The Kier molecular flexibility index (Phi) is 3.88. The van der Waals surface area contributed by atoms with Gasteiger partial charge in [0, 0.05) is 31.3 Å². The number of hydrogen-bond donors (Lipinski definition) is 0. The van der Waals surface area contributed by atoms with Crippen LogP contribution >= 0.6 is 0 Å². The number of pyridine rings is 1. The first-order valence-corrected chi connectivity index (χ1v) is 8.78. The van der Waals surface area contributed by atoms with Crippen molar-refractivity contribution in [1.29, 1.82) is 0 Å². The van der Waals surface area contributed by atoms with Gasteiger partial charge in [-0.2, -0.15) is 9.40 Å². The largest absolute Gasteiger partial charge is 0.491 e. The quantitative estimate of drug-likeness (QED) is 0.830. The van der Waals surface area contributed by atoms with Crippen molar-refractivity contribution in [2.75, 3.05) is 19.4 Å². The minimum Gasteiger partial charge on any atom is -0.491 e. The van der Waals surface area contributed by atoms with Crippen molar-refractivity contribution in [3.63, 3.8) is 0 Å². The van der Waals surface area contributed by atoms with Gasteiger partial charge in [0.15, 0.2) is 0 Å². The average molecular weight is 322 g/mol. The third-order valence-corrected chi connectivity index (χ3v) is 5.05. The Bertz CT molecular complexity index is 758. The van der Waals surface area contributed by atoms with Crippen molar-refractivity contribution in [1.82, 2.24) is 19.1 Å². The second-order valence-electron chi connectivity index (χ2n) is 5.42. The fraction of sp³-hybridized carbons (Fsp3) is 0.429. The molecule has 7 nitrogen and oxygen atoms in total. The molecule has 1 unspecified atom stereocenters. The molecule has 0 bridgehead atoms. The summed E-state index contributed by atoms with van der Waals surface area (Å²) in [6.07, 6.45) is 6.35. The number of ether oxygens (including phenoxy) is 1. The van der Waals surface area contributed by atoms with E-state index in [1.807, 2.05) is 13.1 Å². The molecule has 0 spiro atoms. The van der Waals surface area contributed by atoms with Gasteiger partial charge in [0.05, 0.1) is 37.5 Å². The van der Waals surface area contributed by atoms with Crippen LogP contribution in [0.1, 0.15) is 17.2 Å². The Balaban J connectivity index is 1.83. The van der Waals surface area contributed by atoms with Gasteiger partial charge >= 0.3 is 0 Å². The molecular weight excluding hydrogens is 304 g/mol. The molecule has 2 aromatic heterocycles. The minimum absolute atomic E-state index is 0.0487. The zero-order valence-electron chi connectivity index (χ0n) is 12.5. The Morgan fingerprint density at radius 3 is 2.91 bits per heavy atom. The maximum atomic E-state index is 11.9. The summed E-state index contributed by atoms with van der Waals surface area (Å²) in [5.74, 6) is 0.622. The van der Waals surface area contributed by atoms with Crippen molar-refractivity contribution in [2.45, 2.75) is 12.5 Å². The fourth-order valence-corrected chi connectivity index (χ4v) is 3.42. The van der Waals surface area contributed by atoms with Gasteiger partial charge in [-0.05, 0) is 12.1 Å². The molecule has 1 aliphatic rings. The fourth-order valence-electron chi connectivity index (χ4n) is 2.61. The summed E-state index contributed by atoms with van der Waals surface area (Å²) in [6.45, 7) is 1.14. The van der Waals surface area contributed by atoms with Crippen molar-refractivity contribution in [2.24, 2.45) is 7.05 Å². The third kappa shape index (κ3) is 2.97. The van der Waals surface area contributed by atoms with Crippen molar-refractivity contribution in [3.8, 4) is 5.75 Å². The van der Waals surface area contributed by atoms with E-state index in [0.717, 1.165) is 11.3 Å². The highest BCUT2D eigenvalue weighted by atomic mass is 32.2. The number of aromatic nitrogens is 3. The molecule has 0 fully saturated rings. The van der Waals surface area contributed by atoms with Crippen LogP contribution in [-0.2, 0) is 23.6 Å². The van der Waals surface area contributed by atoms with E-state index in [9.17, 15) is 8.42 Å². The Labute approximate surface area is 129 Å². The van der Waals surface area contributed by atoms with E-state index in [-0.39, 0.29) is 5.92 Å². The normalized spacial score (nSPS) is 18.9. The maximum absolute atomic E-state index is 11.9. The summed E-state index contributed by atoms with van der Waals surface area (Å²) >= 11 is 0. The molecule has 8 heteroatoms. The molecule has 1 atom stereocenters. The Morgan fingerprint density at radius 2 is 2.23 bits per heavy atom. The smallest absolute Gasteiger partial charge is 0.211 e. The lowest BCUT2D eigenvalue weighted by molar-refractivity contribution is 0.245. The van der Waals surface area contributed by atoms with Gasteiger partial charge in [0.2, 0.25) is 10.0 Å². The number of nitrogens with zero attached hydrogens (tertiary/aromatic N) is 4. The predicted molar refractivity (Wildman–Crippen MR) is 80.9 cm³/mol. The lowest BCUT2D eigenvalue weighted by atomic mass is 9.97. The zero-order chi connectivity index (χ0) is 15.7. The van der Waals surface area contributed by atoms with Crippen LogP contribution in [0.5, 0.6) is 5.75 Å². The van der Waals surface area contributed by atoms with Crippen molar-refractivity contribution < 1.29 is 13.2 Å². The highest BCUT2D eigenvalue weighted by Crippen LogP contribution is 2.29. The summed E-state index contributed by atoms with van der Waals surface area (Å²) in [7, 11) is -1.43. The minimum atomic E-state index is -3.25. The summed E-state index contributed by atoms with van der Waals surface area (Å²) < 4.78 is 32.7. The molecule has 0 saturated heterocycles. The third-order valence-electron chi connectivity index (χ3n) is 3.84. The molecule has 1 aliphatic heterocycles. The maximum Gasteiger partial charge on any atom is 0.211 e. The lowest BCUT2D eigenvalue weighted by Crippen LogP contribution is -2.39. The molecule has 0 amide bonds. The molecule has 3 rings (SSSR count). The van der Waals surface area contributed by atoms with Gasteiger partial charge < -0.3 is 4.74 Å². The average Bonchev–Trinajstić information content (AvgIpc) is 2.87. The molecule has 0 aliphatic carbocycles. The second kappa shape index (κ2) is 5.69. The first-order valence-electron chi connectivity index (χ1n) is 6.94. The van der Waals surface area contributed by atoms with Gasteiger partial charge in [0.25, 0.3) is 0 Å². The van der Waals surface area contributed by atoms with Crippen LogP contribution in [0.2, 0.25) is 0 Å². The van der Waals surface area contributed by atoms with E-state index in [4.69, 9.17) is 4.74 Å². The van der Waals surface area contributed by atoms with Crippen LogP contribution in [0.4, 0.5) is 0 Å². The van der Waals surface area contributed by atoms with E-state index < -0.39 is 10.0 Å². The monoisotopic (exact) mass is 322 g/mol. The lowest BCUT2D eigenvalue weighted by Gasteiger charge is -2.31. The predicted octanol–water partition coefficient (Wildman–Crippen LogP) is 0.753. The van der Waals surface area contributed by atoms with Gasteiger partial charge in [-0.3, -0.25) is 9.67 Å². The van der Waals surface area contributed by atoms with Crippen molar-refractivity contribution in [3.05, 3.63) is 42.0 Å². The molecule has 2 aromatic rings. The molecule has 3 heterocycles. The van der Waals surface area contributed by atoms with Crippen LogP contribution in [-0.4, -0.2) is 46.9 Å². The number of fused-ring (bicyclic) bond motifs is 1. The summed E-state index contributed by atoms with van der Waals surface area (Å²) in [5.41, 5.74) is 1.96. The number of hydrogen-bond acceptors (Lipinski definition) is 5. The number of sulfonamides is 1. The summed E-state index contributed by atoms with van der Waals surface area (Å²) in [4.78, 5) is 4.00. The molecule has 0 radical (unpaired) electrons. The van der Waals surface area contributed by atoms with Crippen LogP contribution in [0.15, 0.2) is 30.7 Å². The molecule has 118 valence electrons. The summed E-state index contributed by atoms with van der Waals surface area (Å²) in [6, 6.07) is 3.63. The second-order valence-corrected chi connectivity index (χ2v) is 7.40. The number of aryl methyl sites for hydroxylation is 1. The standard InChI is InChI=1S/C14H18N4O3S/c1-17-14-9-18(22(2,19)20)8-11(13(14)7-16-17)10-21-12-4-3-5-15-6-12/h3-7,11H,8-10H2,1-2H3. The molecule has 0 saturated carbocycles.